The van der Waals surface area contributed by atoms with Gasteiger partial charge in [0.25, 0.3) is 5.91 Å². The zero-order valence-electron chi connectivity index (χ0n) is 10.5. The van der Waals surface area contributed by atoms with Gasteiger partial charge in [-0.05, 0) is 23.8 Å². The molecular formula is C14H14BrN3O. The number of nitrogens with zero attached hydrogens (tertiary/aromatic N) is 2. The highest BCUT2D eigenvalue weighted by molar-refractivity contribution is 9.10. The summed E-state index contributed by atoms with van der Waals surface area (Å²) in [6.07, 6.45) is 3.05. The number of benzene rings is 1. The maximum absolute atomic E-state index is 12.2. The van der Waals surface area contributed by atoms with Gasteiger partial charge in [-0.15, -0.1) is 0 Å². The van der Waals surface area contributed by atoms with Gasteiger partial charge in [-0.25, -0.2) is 0 Å². The fraction of sp³-hybridized carbons (Fsp3) is 0.143. The van der Waals surface area contributed by atoms with E-state index >= 15 is 0 Å². The topological polar surface area (TPSA) is 59.2 Å². The number of halogens is 1. The summed E-state index contributed by atoms with van der Waals surface area (Å²) in [5.41, 5.74) is 7.70. The van der Waals surface area contributed by atoms with Gasteiger partial charge in [0.1, 0.15) is 0 Å². The average molecular weight is 320 g/mol. The van der Waals surface area contributed by atoms with Gasteiger partial charge < -0.3 is 10.6 Å². The molecule has 1 aromatic carbocycles. The predicted molar refractivity (Wildman–Crippen MR) is 78.6 cm³/mol. The summed E-state index contributed by atoms with van der Waals surface area (Å²) in [7, 11) is 1.75. The molecular weight excluding hydrogens is 306 g/mol. The smallest absolute Gasteiger partial charge is 0.256 e. The van der Waals surface area contributed by atoms with Crippen LogP contribution in [0.25, 0.3) is 0 Å². The van der Waals surface area contributed by atoms with Crippen LogP contribution >= 0.6 is 15.9 Å². The summed E-state index contributed by atoms with van der Waals surface area (Å²) in [4.78, 5) is 17.8. The molecule has 0 aliphatic rings. The molecule has 0 aliphatic heterocycles. The van der Waals surface area contributed by atoms with E-state index in [0.717, 1.165) is 10.0 Å². The van der Waals surface area contributed by atoms with Crippen LogP contribution in [0.1, 0.15) is 15.9 Å². The van der Waals surface area contributed by atoms with Crippen molar-refractivity contribution < 1.29 is 4.79 Å². The molecule has 1 aromatic heterocycles. The number of nitrogens with two attached hydrogens (primary N) is 1. The van der Waals surface area contributed by atoms with Crippen LogP contribution in [-0.4, -0.2) is 22.8 Å². The number of amides is 1. The predicted octanol–water partition coefficient (Wildman–Crippen LogP) is 2.70. The van der Waals surface area contributed by atoms with Crippen molar-refractivity contribution in [3.05, 3.63) is 58.3 Å². The maximum atomic E-state index is 12.2. The highest BCUT2D eigenvalue weighted by atomic mass is 79.9. The number of pyridine rings is 1. The minimum Gasteiger partial charge on any atom is -0.397 e. The second-order valence-electron chi connectivity index (χ2n) is 4.25. The molecule has 0 radical (unpaired) electrons. The van der Waals surface area contributed by atoms with Crippen molar-refractivity contribution in [2.75, 3.05) is 12.8 Å². The molecule has 0 bridgehead atoms. The Morgan fingerprint density at radius 1 is 1.32 bits per heavy atom. The number of carbonyl (C=O) groups excluding carboxylic acids is 1. The standard InChI is InChI=1S/C14H14BrN3O/c1-18(9-10-2-4-11(15)5-3-10)14(19)12-6-7-17-8-13(12)16/h2-8H,9,16H2,1H3. The van der Waals surface area contributed by atoms with Gasteiger partial charge in [-0.1, -0.05) is 28.1 Å². The Morgan fingerprint density at radius 2 is 2.00 bits per heavy atom. The Bertz CT molecular complexity index is 583. The quantitative estimate of drug-likeness (QED) is 0.946. The summed E-state index contributed by atoms with van der Waals surface area (Å²) in [6, 6.07) is 9.49. The number of anilines is 1. The monoisotopic (exact) mass is 319 g/mol. The number of carbonyl (C=O) groups is 1. The molecule has 2 rings (SSSR count). The van der Waals surface area contributed by atoms with Gasteiger partial charge in [0, 0.05) is 24.3 Å². The van der Waals surface area contributed by atoms with E-state index in [1.165, 1.54) is 6.20 Å². The van der Waals surface area contributed by atoms with E-state index in [1.807, 2.05) is 24.3 Å². The van der Waals surface area contributed by atoms with Crippen LogP contribution in [0.5, 0.6) is 0 Å². The van der Waals surface area contributed by atoms with Crippen LogP contribution in [0, 0.1) is 0 Å². The Kier molecular flexibility index (Phi) is 4.16. The third-order valence-corrected chi connectivity index (χ3v) is 3.29. The fourth-order valence-corrected chi connectivity index (χ4v) is 2.01. The Morgan fingerprint density at radius 3 is 2.63 bits per heavy atom. The first-order chi connectivity index (χ1) is 9.08. The van der Waals surface area contributed by atoms with E-state index in [0.29, 0.717) is 17.8 Å². The van der Waals surface area contributed by atoms with Crippen LogP contribution < -0.4 is 5.73 Å². The van der Waals surface area contributed by atoms with Crippen molar-refractivity contribution in [1.29, 1.82) is 0 Å². The molecule has 1 heterocycles. The minimum atomic E-state index is -0.109. The van der Waals surface area contributed by atoms with Crippen molar-refractivity contribution in [2.45, 2.75) is 6.54 Å². The first-order valence-electron chi connectivity index (χ1n) is 5.77. The molecule has 0 aliphatic carbocycles. The second kappa shape index (κ2) is 5.84. The van der Waals surface area contributed by atoms with E-state index in [9.17, 15) is 4.79 Å². The Hall–Kier alpha value is -1.88. The molecule has 4 nitrogen and oxygen atoms in total. The number of aromatic nitrogens is 1. The number of rotatable bonds is 3. The molecule has 0 unspecified atom stereocenters. The van der Waals surface area contributed by atoms with Crippen molar-refractivity contribution in [1.82, 2.24) is 9.88 Å². The third-order valence-electron chi connectivity index (χ3n) is 2.76. The largest absolute Gasteiger partial charge is 0.397 e. The lowest BCUT2D eigenvalue weighted by Crippen LogP contribution is -2.27. The normalized spacial score (nSPS) is 10.2. The fourth-order valence-electron chi connectivity index (χ4n) is 1.74. The molecule has 19 heavy (non-hydrogen) atoms. The minimum absolute atomic E-state index is 0.109. The van der Waals surface area contributed by atoms with Gasteiger partial charge in [0.2, 0.25) is 0 Å². The van der Waals surface area contributed by atoms with Crippen molar-refractivity contribution in [3.63, 3.8) is 0 Å². The molecule has 0 saturated carbocycles. The summed E-state index contributed by atoms with van der Waals surface area (Å²) < 4.78 is 1.02. The van der Waals surface area contributed by atoms with Gasteiger partial charge in [0.05, 0.1) is 17.4 Å². The third kappa shape index (κ3) is 3.32. The van der Waals surface area contributed by atoms with E-state index in [4.69, 9.17) is 5.73 Å². The number of hydrogen-bond acceptors (Lipinski definition) is 3. The second-order valence-corrected chi connectivity index (χ2v) is 5.17. The highest BCUT2D eigenvalue weighted by Crippen LogP contribution is 2.15. The van der Waals surface area contributed by atoms with Gasteiger partial charge in [-0.3, -0.25) is 9.78 Å². The first kappa shape index (κ1) is 13.5. The molecule has 0 saturated heterocycles. The lowest BCUT2D eigenvalue weighted by atomic mass is 10.1. The zero-order chi connectivity index (χ0) is 13.8. The molecule has 5 heteroatoms. The molecule has 1 amide bonds. The Balaban J connectivity index is 2.12. The SMILES string of the molecule is CN(Cc1ccc(Br)cc1)C(=O)c1ccncc1N. The molecule has 0 atom stereocenters. The number of nitrogen functional groups attached to an aromatic ring is 1. The summed E-state index contributed by atoms with van der Waals surface area (Å²) in [5.74, 6) is -0.109. The van der Waals surface area contributed by atoms with E-state index in [1.54, 1.807) is 24.2 Å². The molecule has 0 fully saturated rings. The van der Waals surface area contributed by atoms with Crippen LogP contribution in [0.2, 0.25) is 0 Å². The van der Waals surface area contributed by atoms with Gasteiger partial charge in [-0.2, -0.15) is 0 Å². The number of hydrogen-bond donors (Lipinski definition) is 1. The van der Waals surface area contributed by atoms with Gasteiger partial charge >= 0.3 is 0 Å². The molecule has 2 N–H and O–H groups in total. The summed E-state index contributed by atoms with van der Waals surface area (Å²) in [5, 5.41) is 0. The Labute approximate surface area is 120 Å². The summed E-state index contributed by atoms with van der Waals surface area (Å²) >= 11 is 3.38. The van der Waals surface area contributed by atoms with Crippen molar-refractivity contribution in [3.8, 4) is 0 Å². The highest BCUT2D eigenvalue weighted by Gasteiger charge is 2.14. The van der Waals surface area contributed by atoms with Crippen LogP contribution in [0.4, 0.5) is 5.69 Å². The zero-order valence-corrected chi connectivity index (χ0v) is 12.1. The average Bonchev–Trinajstić information content (AvgIpc) is 2.41. The van der Waals surface area contributed by atoms with Crippen LogP contribution in [0.15, 0.2) is 47.2 Å². The summed E-state index contributed by atoms with van der Waals surface area (Å²) in [6.45, 7) is 0.536. The van der Waals surface area contributed by atoms with Crippen LogP contribution in [-0.2, 0) is 6.54 Å². The van der Waals surface area contributed by atoms with E-state index in [2.05, 4.69) is 20.9 Å². The first-order valence-corrected chi connectivity index (χ1v) is 6.56. The van der Waals surface area contributed by atoms with Gasteiger partial charge in [0.15, 0.2) is 0 Å². The maximum Gasteiger partial charge on any atom is 0.256 e. The van der Waals surface area contributed by atoms with Crippen molar-refractivity contribution in [2.24, 2.45) is 0 Å². The lowest BCUT2D eigenvalue weighted by Gasteiger charge is -2.18. The van der Waals surface area contributed by atoms with Crippen molar-refractivity contribution >= 4 is 27.5 Å². The molecule has 98 valence electrons. The van der Waals surface area contributed by atoms with E-state index in [-0.39, 0.29) is 5.91 Å². The molecule has 2 aromatic rings. The van der Waals surface area contributed by atoms with E-state index < -0.39 is 0 Å². The lowest BCUT2D eigenvalue weighted by molar-refractivity contribution is 0.0786. The van der Waals surface area contributed by atoms with Crippen LogP contribution in [0.3, 0.4) is 0 Å². The molecule has 0 spiro atoms.